The van der Waals surface area contributed by atoms with Crippen LogP contribution in [0.15, 0.2) is 0 Å². The molecule has 0 fully saturated rings. The fourth-order valence-electron chi connectivity index (χ4n) is 7.45. The molecule has 2 atom stereocenters. The van der Waals surface area contributed by atoms with E-state index in [1.54, 1.807) is 0 Å². The van der Waals surface area contributed by atoms with Gasteiger partial charge in [-0.3, -0.25) is 0 Å². The lowest BCUT2D eigenvalue weighted by Crippen LogP contribution is -2.54. The van der Waals surface area contributed by atoms with E-state index < -0.39 is 0 Å². The predicted molar refractivity (Wildman–Crippen MR) is 209 cm³/mol. The fourth-order valence-corrected chi connectivity index (χ4v) is 9.33. The summed E-state index contributed by atoms with van der Waals surface area (Å²) in [5.74, 6) is 0. The number of hydrogen-bond acceptors (Lipinski definition) is 0. The number of unbranched alkanes of at least 4 members (excludes halogenated alkanes) is 17. The van der Waals surface area contributed by atoms with Crippen LogP contribution in [-0.4, -0.2) is 58.1 Å². The van der Waals surface area contributed by atoms with E-state index in [1.165, 1.54) is 215 Å². The minimum absolute atomic E-state index is 0.654. The zero-order chi connectivity index (χ0) is 32.8. The number of hydrogen-bond donors (Lipinski definition) is 0. The molecule has 0 aromatic rings. The van der Waals surface area contributed by atoms with Crippen molar-refractivity contribution in [3.63, 3.8) is 0 Å². The summed E-state index contributed by atoms with van der Waals surface area (Å²) in [5.41, 5.74) is 0. The Bertz CT molecular complexity index is 481. The lowest BCUT2D eigenvalue weighted by atomic mass is 10.0. The molecule has 0 heterocycles. The Morgan fingerprint density at radius 3 is 0.705 bits per heavy atom. The molecule has 0 N–H and O–H groups in total. The van der Waals surface area contributed by atoms with E-state index in [0.29, 0.717) is 9.90 Å². The molecule has 0 radical (unpaired) electrons. The third-order valence-corrected chi connectivity index (χ3v) is 13.2. The van der Waals surface area contributed by atoms with Crippen LogP contribution in [0.4, 0.5) is 0 Å². The van der Waals surface area contributed by atoms with Gasteiger partial charge in [0.2, 0.25) is 0 Å². The Labute approximate surface area is 297 Å². The molecule has 0 aromatic heterocycles. The second kappa shape index (κ2) is 31.2. The summed E-state index contributed by atoms with van der Waals surface area (Å²) in [7, 11) is 0. The van der Waals surface area contributed by atoms with Gasteiger partial charge < -0.3 is 8.97 Å². The topological polar surface area (TPSA) is 0 Å². The summed E-state index contributed by atoms with van der Waals surface area (Å²) in [4.78, 5) is 1.31. The highest BCUT2D eigenvalue weighted by molar-refractivity contribution is 9.09. The van der Waals surface area contributed by atoms with E-state index in [0.717, 1.165) is 0 Å². The van der Waals surface area contributed by atoms with Gasteiger partial charge in [0.15, 0.2) is 0 Å². The lowest BCUT2D eigenvalue weighted by molar-refractivity contribution is -0.937. The van der Waals surface area contributed by atoms with Gasteiger partial charge in [0.05, 0.1) is 39.3 Å². The molecule has 0 aliphatic heterocycles. The van der Waals surface area contributed by atoms with E-state index >= 15 is 0 Å². The molecular formula is C40H84Br2N2+2. The Kier molecular flexibility index (Phi) is 31.8. The van der Waals surface area contributed by atoms with Crippen molar-refractivity contribution in [1.82, 2.24) is 0 Å². The third-order valence-electron chi connectivity index (χ3n) is 10.6. The molecule has 0 amide bonds. The quantitative estimate of drug-likeness (QED) is 0.0262. The average Bonchev–Trinajstić information content (AvgIpc) is 3.02. The Morgan fingerprint density at radius 1 is 0.295 bits per heavy atom. The van der Waals surface area contributed by atoms with Crippen LogP contribution >= 0.6 is 31.9 Å². The van der Waals surface area contributed by atoms with Gasteiger partial charge in [-0.15, -0.1) is 0 Å². The summed E-state index contributed by atoms with van der Waals surface area (Å²) in [6.07, 6.45) is 36.0. The van der Waals surface area contributed by atoms with Crippen molar-refractivity contribution >= 4 is 31.9 Å². The average molecular weight is 753 g/mol. The van der Waals surface area contributed by atoms with Crippen LogP contribution in [0, 0.1) is 0 Å². The Balaban J connectivity index is 4.86. The minimum Gasteiger partial charge on any atom is -0.312 e. The van der Waals surface area contributed by atoms with Crippen molar-refractivity contribution in [3.8, 4) is 0 Å². The molecule has 0 bridgehead atoms. The normalized spacial score (nSPS) is 13.9. The van der Waals surface area contributed by atoms with E-state index in [-0.39, 0.29) is 0 Å². The number of rotatable bonds is 35. The van der Waals surface area contributed by atoms with Crippen LogP contribution in [0.25, 0.3) is 0 Å². The smallest absolute Gasteiger partial charge is 0.144 e. The maximum absolute atomic E-state index is 4.32. The first-order chi connectivity index (χ1) is 21.4. The second-order valence-electron chi connectivity index (χ2n) is 14.6. The SMILES string of the molecule is CCCCC[N+](CCCCC)(CCCCC)C(Br)CCCCCCCCC(Br)[N+](CCCCC)(CCCCC)CCCCC. The van der Waals surface area contributed by atoms with Gasteiger partial charge in [-0.05, 0) is 122 Å². The highest BCUT2D eigenvalue weighted by atomic mass is 79.9. The molecule has 0 rings (SSSR count). The molecule has 2 nitrogen and oxygen atoms in total. The molecule has 2 unspecified atom stereocenters. The molecule has 0 spiro atoms. The van der Waals surface area contributed by atoms with Crippen LogP contribution in [0.1, 0.15) is 208 Å². The lowest BCUT2D eigenvalue weighted by Gasteiger charge is -2.43. The van der Waals surface area contributed by atoms with Gasteiger partial charge in [0.25, 0.3) is 0 Å². The summed E-state index contributed by atoms with van der Waals surface area (Å²) in [6.45, 7) is 22.5. The molecule has 0 aromatic carbocycles. The minimum atomic E-state index is 0.654. The summed E-state index contributed by atoms with van der Waals surface area (Å²) in [5, 5.41) is 0. The van der Waals surface area contributed by atoms with Gasteiger partial charge in [-0.2, -0.15) is 0 Å². The molecule has 0 aliphatic carbocycles. The van der Waals surface area contributed by atoms with Crippen LogP contribution in [-0.2, 0) is 0 Å². The molecule has 4 heteroatoms. The van der Waals surface area contributed by atoms with Crippen molar-refractivity contribution in [2.45, 2.75) is 218 Å². The second-order valence-corrected chi connectivity index (χ2v) is 16.7. The van der Waals surface area contributed by atoms with Gasteiger partial charge >= 0.3 is 0 Å². The predicted octanol–water partition coefficient (Wildman–Crippen LogP) is 14.3. The van der Waals surface area contributed by atoms with E-state index in [1.807, 2.05) is 0 Å². The number of nitrogens with zero attached hydrogens (tertiary/aromatic N) is 2. The largest absolute Gasteiger partial charge is 0.312 e. The van der Waals surface area contributed by atoms with Crippen LogP contribution in [0.3, 0.4) is 0 Å². The van der Waals surface area contributed by atoms with Gasteiger partial charge in [-0.1, -0.05) is 106 Å². The number of alkyl halides is 2. The fraction of sp³-hybridized carbons (Fsp3) is 1.00. The maximum Gasteiger partial charge on any atom is 0.144 e. The molecule has 0 aliphatic rings. The number of halogens is 2. The molecule has 0 saturated carbocycles. The van der Waals surface area contributed by atoms with Crippen LogP contribution in [0.2, 0.25) is 0 Å². The first-order valence-electron chi connectivity index (χ1n) is 20.4. The van der Waals surface area contributed by atoms with Crippen molar-refractivity contribution in [2.75, 3.05) is 39.3 Å². The highest BCUT2D eigenvalue weighted by Crippen LogP contribution is 2.30. The Morgan fingerprint density at radius 2 is 0.500 bits per heavy atom. The third kappa shape index (κ3) is 21.0. The highest BCUT2D eigenvalue weighted by Gasteiger charge is 2.34. The first kappa shape index (κ1) is 44.9. The zero-order valence-corrected chi connectivity index (χ0v) is 34.6. The van der Waals surface area contributed by atoms with Crippen LogP contribution in [0.5, 0.6) is 0 Å². The van der Waals surface area contributed by atoms with Crippen molar-refractivity contribution in [2.24, 2.45) is 0 Å². The van der Waals surface area contributed by atoms with Gasteiger partial charge in [-0.25, -0.2) is 0 Å². The van der Waals surface area contributed by atoms with Gasteiger partial charge in [0.1, 0.15) is 9.90 Å². The van der Waals surface area contributed by atoms with E-state index in [9.17, 15) is 0 Å². The van der Waals surface area contributed by atoms with Crippen molar-refractivity contribution in [3.05, 3.63) is 0 Å². The summed E-state index contributed by atoms with van der Waals surface area (Å²) < 4.78 is 2.70. The van der Waals surface area contributed by atoms with Crippen molar-refractivity contribution in [1.29, 1.82) is 0 Å². The van der Waals surface area contributed by atoms with Crippen molar-refractivity contribution < 1.29 is 8.97 Å². The maximum atomic E-state index is 4.32. The monoisotopic (exact) mass is 750 g/mol. The first-order valence-corrected chi connectivity index (χ1v) is 22.2. The standard InChI is InChI=1S/C40H84Br2N2/c1-7-13-25-33-43(34-26-14-8-2,35-27-15-9-3)39(41)31-23-21-19-20-22-24-32-40(42)44(36-28-16-10-4,37-29-17-11-5)38-30-18-12-6/h39-40H,7-38H2,1-6H3/q+2. The van der Waals surface area contributed by atoms with E-state index in [2.05, 4.69) is 73.4 Å². The molecular weight excluding hydrogens is 668 g/mol. The number of quaternary nitrogens is 2. The summed E-state index contributed by atoms with van der Waals surface area (Å²) in [6, 6.07) is 0. The summed E-state index contributed by atoms with van der Waals surface area (Å²) >= 11 is 8.64. The van der Waals surface area contributed by atoms with Crippen LogP contribution < -0.4 is 0 Å². The Hall–Kier alpha value is 0.880. The molecule has 0 saturated heterocycles. The van der Waals surface area contributed by atoms with Gasteiger partial charge in [0, 0.05) is 12.8 Å². The van der Waals surface area contributed by atoms with E-state index in [4.69, 9.17) is 0 Å². The zero-order valence-electron chi connectivity index (χ0n) is 31.4. The molecule has 44 heavy (non-hydrogen) atoms. The molecule has 266 valence electrons.